The Hall–Kier alpha value is -2.44. The van der Waals surface area contributed by atoms with Crippen LogP contribution >= 0.6 is 15.9 Å². The number of likely N-dealkylation sites (tertiary alicyclic amines) is 1. The first-order valence-electron chi connectivity index (χ1n) is 10.3. The molecule has 0 saturated carbocycles. The molecule has 6 heteroatoms. The summed E-state index contributed by atoms with van der Waals surface area (Å²) >= 11 is 3.50. The van der Waals surface area contributed by atoms with Crippen LogP contribution in [-0.2, 0) is 11.3 Å². The van der Waals surface area contributed by atoms with Crippen LogP contribution in [0, 0.1) is 5.92 Å². The number of anilines is 1. The summed E-state index contributed by atoms with van der Waals surface area (Å²) in [5.41, 5.74) is 10.9. The molecular formula is C24H24BrN3O2. The third kappa shape index (κ3) is 3.19. The van der Waals surface area contributed by atoms with Gasteiger partial charge in [0.2, 0.25) is 0 Å². The molecule has 1 amide bonds. The Morgan fingerprint density at radius 2 is 1.93 bits per heavy atom. The standard InChI is InChI=1S/C24H24BrN3O2/c1-13-10-28(11-19(13)15-3-6-17(25)7-4-15)24(29)16-5-8-21-18(9-16)20-12-30-14(2)22(20)23(26)27-21/h3-9,13-14,19H,10-12H2,1-2H3,(H2,26,27)/t13-,14+,19+/m0/s1. The predicted octanol–water partition coefficient (Wildman–Crippen LogP) is 5.05. The Morgan fingerprint density at radius 1 is 1.17 bits per heavy atom. The van der Waals surface area contributed by atoms with E-state index in [0.717, 1.165) is 39.6 Å². The number of nitrogen functional groups attached to an aromatic ring is 1. The zero-order valence-corrected chi connectivity index (χ0v) is 18.6. The van der Waals surface area contributed by atoms with Gasteiger partial charge in [-0.25, -0.2) is 4.98 Å². The predicted molar refractivity (Wildman–Crippen MR) is 121 cm³/mol. The maximum atomic E-state index is 13.3. The van der Waals surface area contributed by atoms with Crippen molar-refractivity contribution < 1.29 is 9.53 Å². The molecule has 2 aliphatic rings. The van der Waals surface area contributed by atoms with Gasteiger partial charge in [-0.3, -0.25) is 4.79 Å². The van der Waals surface area contributed by atoms with Crippen LogP contribution in [0.15, 0.2) is 46.9 Å². The highest BCUT2D eigenvalue weighted by molar-refractivity contribution is 9.10. The molecule has 2 N–H and O–H groups in total. The summed E-state index contributed by atoms with van der Waals surface area (Å²) < 4.78 is 6.85. The van der Waals surface area contributed by atoms with E-state index in [0.29, 0.717) is 29.8 Å². The smallest absolute Gasteiger partial charge is 0.253 e. The second-order valence-corrected chi connectivity index (χ2v) is 9.34. The van der Waals surface area contributed by atoms with E-state index in [2.05, 4.69) is 52.1 Å². The zero-order valence-electron chi connectivity index (χ0n) is 17.1. The topological polar surface area (TPSA) is 68.5 Å². The van der Waals surface area contributed by atoms with Crippen LogP contribution in [0.3, 0.4) is 0 Å². The van der Waals surface area contributed by atoms with Crippen LogP contribution in [0.1, 0.15) is 52.9 Å². The Kier molecular flexibility index (Phi) is 4.79. The lowest BCUT2D eigenvalue weighted by atomic mass is 9.90. The molecule has 3 aromatic rings. The fraction of sp³-hybridized carbons (Fsp3) is 0.333. The number of ether oxygens (including phenoxy) is 1. The van der Waals surface area contributed by atoms with Crippen molar-refractivity contribution in [3.63, 3.8) is 0 Å². The maximum absolute atomic E-state index is 13.3. The lowest BCUT2D eigenvalue weighted by molar-refractivity contribution is 0.0785. The summed E-state index contributed by atoms with van der Waals surface area (Å²) in [4.78, 5) is 19.9. The third-order valence-electron chi connectivity index (χ3n) is 6.49. The Balaban J connectivity index is 1.45. The molecule has 0 aliphatic carbocycles. The van der Waals surface area contributed by atoms with E-state index in [1.807, 2.05) is 30.0 Å². The van der Waals surface area contributed by atoms with E-state index in [-0.39, 0.29) is 12.0 Å². The summed E-state index contributed by atoms with van der Waals surface area (Å²) in [6.07, 6.45) is -0.0673. The van der Waals surface area contributed by atoms with Gasteiger partial charge >= 0.3 is 0 Å². The number of hydrogen-bond donors (Lipinski definition) is 1. The van der Waals surface area contributed by atoms with Crippen molar-refractivity contribution in [2.45, 2.75) is 32.5 Å². The minimum absolute atomic E-state index is 0.0673. The highest BCUT2D eigenvalue weighted by Crippen LogP contribution is 2.39. The van der Waals surface area contributed by atoms with E-state index in [4.69, 9.17) is 10.5 Å². The first-order chi connectivity index (χ1) is 14.4. The maximum Gasteiger partial charge on any atom is 0.253 e. The van der Waals surface area contributed by atoms with Crippen LogP contribution in [-0.4, -0.2) is 28.9 Å². The van der Waals surface area contributed by atoms with Gasteiger partial charge in [-0.2, -0.15) is 0 Å². The average Bonchev–Trinajstić information content (AvgIpc) is 3.32. The number of carbonyl (C=O) groups is 1. The van der Waals surface area contributed by atoms with Crippen molar-refractivity contribution in [3.8, 4) is 0 Å². The Morgan fingerprint density at radius 3 is 2.70 bits per heavy atom. The van der Waals surface area contributed by atoms with Crippen LogP contribution in [0.5, 0.6) is 0 Å². The van der Waals surface area contributed by atoms with Gasteiger partial charge < -0.3 is 15.4 Å². The number of nitrogens with zero attached hydrogens (tertiary/aromatic N) is 2. The van der Waals surface area contributed by atoms with Gasteiger partial charge in [0.15, 0.2) is 0 Å². The highest BCUT2D eigenvalue weighted by atomic mass is 79.9. The van der Waals surface area contributed by atoms with Crippen molar-refractivity contribution >= 4 is 38.6 Å². The monoisotopic (exact) mass is 465 g/mol. The lowest BCUT2D eigenvalue weighted by Crippen LogP contribution is -2.28. The van der Waals surface area contributed by atoms with Gasteiger partial charge in [-0.15, -0.1) is 0 Å². The zero-order chi connectivity index (χ0) is 21.0. The highest BCUT2D eigenvalue weighted by Gasteiger charge is 2.34. The fourth-order valence-corrected chi connectivity index (χ4v) is 5.12. The molecule has 3 atom stereocenters. The Labute approximate surface area is 184 Å². The van der Waals surface area contributed by atoms with Crippen molar-refractivity contribution in [3.05, 3.63) is 69.2 Å². The van der Waals surface area contributed by atoms with Crippen molar-refractivity contribution in [1.82, 2.24) is 9.88 Å². The number of carbonyl (C=O) groups excluding carboxylic acids is 1. The molecule has 30 heavy (non-hydrogen) atoms. The molecule has 2 aliphatic heterocycles. The van der Waals surface area contributed by atoms with E-state index < -0.39 is 0 Å². The SMILES string of the molecule is C[C@H]1OCc2c1c(N)nc1ccc(C(=O)N3C[C@H](C)[C@H](c4ccc(Br)cc4)C3)cc21. The molecule has 3 heterocycles. The molecule has 1 aromatic heterocycles. The van der Waals surface area contributed by atoms with Crippen LogP contribution in [0.25, 0.3) is 10.9 Å². The molecule has 5 rings (SSSR count). The lowest BCUT2D eigenvalue weighted by Gasteiger charge is -2.18. The summed E-state index contributed by atoms with van der Waals surface area (Å²) in [7, 11) is 0. The quantitative estimate of drug-likeness (QED) is 0.574. The molecule has 0 radical (unpaired) electrons. The number of amides is 1. The van der Waals surface area contributed by atoms with Crippen LogP contribution in [0.2, 0.25) is 0 Å². The van der Waals surface area contributed by atoms with Gasteiger partial charge in [0, 0.05) is 40.0 Å². The number of pyridine rings is 1. The van der Waals surface area contributed by atoms with Crippen molar-refractivity contribution in [1.29, 1.82) is 0 Å². The number of nitrogens with two attached hydrogens (primary N) is 1. The molecule has 0 unspecified atom stereocenters. The van der Waals surface area contributed by atoms with Gasteiger partial charge in [0.1, 0.15) is 5.82 Å². The minimum atomic E-state index is -0.0673. The van der Waals surface area contributed by atoms with Crippen molar-refractivity contribution in [2.75, 3.05) is 18.8 Å². The molecular weight excluding hydrogens is 442 g/mol. The number of benzene rings is 2. The van der Waals surface area contributed by atoms with E-state index in [1.54, 1.807) is 0 Å². The first kappa shape index (κ1) is 19.5. The number of hydrogen-bond acceptors (Lipinski definition) is 4. The summed E-state index contributed by atoms with van der Waals surface area (Å²) in [6.45, 7) is 6.20. The average molecular weight is 466 g/mol. The molecule has 5 nitrogen and oxygen atoms in total. The second-order valence-electron chi connectivity index (χ2n) is 8.42. The Bertz CT molecular complexity index is 1150. The molecule has 0 spiro atoms. The molecule has 0 bridgehead atoms. The number of rotatable bonds is 2. The van der Waals surface area contributed by atoms with E-state index in [9.17, 15) is 4.79 Å². The van der Waals surface area contributed by atoms with Gasteiger partial charge in [0.25, 0.3) is 5.91 Å². The normalized spacial score (nSPS) is 23.2. The summed E-state index contributed by atoms with van der Waals surface area (Å²) in [6, 6.07) is 14.2. The number of halogens is 1. The minimum Gasteiger partial charge on any atom is -0.383 e. The van der Waals surface area contributed by atoms with Crippen LogP contribution < -0.4 is 5.73 Å². The number of aromatic nitrogens is 1. The van der Waals surface area contributed by atoms with E-state index >= 15 is 0 Å². The molecule has 154 valence electrons. The molecule has 2 aromatic carbocycles. The van der Waals surface area contributed by atoms with Gasteiger partial charge in [0.05, 0.1) is 18.2 Å². The van der Waals surface area contributed by atoms with Crippen molar-refractivity contribution in [2.24, 2.45) is 5.92 Å². The third-order valence-corrected chi connectivity index (χ3v) is 7.02. The van der Waals surface area contributed by atoms with Gasteiger partial charge in [-0.05, 0) is 54.3 Å². The summed E-state index contributed by atoms with van der Waals surface area (Å²) in [5.74, 6) is 1.35. The largest absolute Gasteiger partial charge is 0.383 e. The van der Waals surface area contributed by atoms with E-state index in [1.165, 1.54) is 5.56 Å². The number of fused-ring (bicyclic) bond motifs is 3. The van der Waals surface area contributed by atoms with Gasteiger partial charge in [-0.1, -0.05) is 35.0 Å². The molecule has 1 fully saturated rings. The second kappa shape index (κ2) is 7.36. The first-order valence-corrected chi connectivity index (χ1v) is 11.1. The van der Waals surface area contributed by atoms with Crippen LogP contribution in [0.4, 0.5) is 5.82 Å². The molecule has 1 saturated heterocycles. The summed E-state index contributed by atoms with van der Waals surface area (Å²) in [5, 5.41) is 0.964. The fourth-order valence-electron chi connectivity index (χ4n) is 4.86.